The van der Waals surface area contributed by atoms with Crippen molar-refractivity contribution in [3.63, 3.8) is 0 Å². The molecule has 4 nitrogen and oxygen atoms in total. The summed E-state index contributed by atoms with van der Waals surface area (Å²) in [6.07, 6.45) is 2.46. The van der Waals surface area contributed by atoms with E-state index in [1.165, 1.54) is 11.8 Å². The second-order valence-electron chi connectivity index (χ2n) is 5.73. The van der Waals surface area contributed by atoms with Gasteiger partial charge in [-0.2, -0.15) is 0 Å². The van der Waals surface area contributed by atoms with Crippen LogP contribution in [0.25, 0.3) is 0 Å². The standard InChI is InChI=1S/C21H19BrN2O2S/c1-26-18-8-4-2-6-15(18)12-13-23-21(25)17-7-3-5-9-19(17)27-20-11-10-16(22)14-24-20/h2-11,14H,12-13H2,1H3,(H,23,25). The first kappa shape index (κ1) is 19.5. The number of ether oxygens (including phenoxy) is 1. The highest BCUT2D eigenvalue weighted by atomic mass is 79.9. The van der Waals surface area contributed by atoms with Crippen LogP contribution in [0.2, 0.25) is 0 Å². The largest absolute Gasteiger partial charge is 0.496 e. The van der Waals surface area contributed by atoms with Crippen LogP contribution in [0.5, 0.6) is 5.75 Å². The van der Waals surface area contributed by atoms with Crippen molar-refractivity contribution in [2.45, 2.75) is 16.3 Å². The monoisotopic (exact) mass is 442 g/mol. The Balaban J connectivity index is 1.65. The summed E-state index contributed by atoms with van der Waals surface area (Å²) in [6, 6.07) is 19.3. The zero-order valence-electron chi connectivity index (χ0n) is 14.8. The molecule has 0 spiro atoms. The van der Waals surface area contributed by atoms with Crippen molar-refractivity contribution in [2.24, 2.45) is 0 Å². The van der Waals surface area contributed by atoms with Gasteiger partial charge in [-0.05, 0) is 58.2 Å². The van der Waals surface area contributed by atoms with Gasteiger partial charge in [0, 0.05) is 22.1 Å². The van der Waals surface area contributed by atoms with Crippen LogP contribution >= 0.6 is 27.7 Å². The molecule has 1 aromatic heterocycles. The minimum atomic E-state index is -0.0925. The Morgan fingerprint density at radius 1 is 1.11 bits per heavy atom. The van der Waals surface area contributed by atoms with Crippen LogP contribution in [0.15, 0.2) is 81.3 Å². The van der Waals surface area contributed by atoms with E-state index in [-0.39, 0.29) is 5.91 Å². The molecule has 0 atom stereocenters. The number of nitrogens with one attached hydrogen (secondary N) is 1. The average Bonchev–Trinajstić information content (AvgIpc) is 2.70. The van der Waals surface area contributed by atoms with Crippen LogP contribution in [0.1, 0.15) is 15.9 Å². The molecule has 1 amide bonds. The topological polar surface area (TPSA) is 51.2 Å². The van der Waals surface area contributed by atoms with Crippen molar-refractivity contribution >= 4 is 33.6 Å². The highest BCUT2D eigenvalue weighted by molar-refractivity contribution is 9.10. The SMILES string of the molecule is COc1ccccc1CCNC(=O)c1ccccc1Sc1ccc(Br)cn1. The first-order chi connectivity index (χ1) is 13.2. The molecule has 0 radical (unpaired) electrons. The van der Waals surface area contributed by atoms with Crippen LogP contribution < -0.4 is 10.1 Å². The molecule has 1 N–H and O–H groups in total. The van der Waals surface area contributed by atoms with Gasteiger partial charge in [0.15, 0.2) is 0 Å². The maximum Gasteiger partial charge on any atom is 0.252 e. The number of hydrogen-bond acceptors (Lipinski definition) is 4. The molecule has 0 unspecified atom stereocenters. The van der Waals surface area contributed by atoms with E-state index in [1.807, 2.05) is 60.7 Å². The number of hydrogen-bond donors (Lipinski definition) is 1. The Morgan fingerprint density at radius 2 is 1.89 bits per heavy atom. The van der Waals surface area contributed by atoms with Gasteiger partial charge in [0.1, 0.15) is 10.8 Å². The third kappa shape index (κ3) is 5.34. The lowest BCUT2D eigenvalue weighted by atomic mass is 10.1. The van der Waals surface area contributed by atoms with E-state index in [4.69, 9.17) is 4.74 Å². The lowest BCUT2D eigenvalue weighted by molar-refractivity contribution is 0.0951. The molecule has 0 bridgehead atoms. The summed E-state index contributed by atoms with van der Waals surface area (Å²) < 4.78 is 6.28. The summed E-state index contributed by atoms with van der Waals surface area (Å²) in [7, 11) is 1.65. The summed E-state index contributed by atoms with van der Waals surface area (Å²) in [4.78, 5) is 17.9. The summed E-state index contributed by atoms with van der Waals surface area (Å²) in [5.41, 5.74) is 1.72. The van der Waals surface area contributed by atoms with Gasteiger partial charge >= 0.3 is 0 Å². The minimum Gasteiger partial charge on any atom is -0.496 e. The molecule has 138 valence electrons. The second-order valence-corrected chi connectivity index (χ2v) is 7.71. The fraction of sp³-hybridized carbons (Fsp3) is 0.143. The van der Waals surface area contributed by atoms with Gasteiger partial charge in [0.05, 0.1) is 12.7 Å². The van der Waals surface area contributed by atoms with Gasteiger partial charge in [-0.3, -0.25) is 4.79 Å². The molecule has 0 aliphatic rings. The lowest BCUT2D eigenvalue weighted by Crippen LogP contribution is -2.26. The summed E-state index contributed by atoms with van der Waals surface area (Å²) in [6.45, 7) is 0.536. The first-order valence-electron chi connectivity index (χ1n) is 8.46. The van der Waals surface area contributed by atoms with Crippen LogP contribution in [-0.4, -0.2) is 24.5 Å². The number of benzene rings is 2. The number of amides is 1. The van der Waals surface area contributed by atoms with Gasteiger partial charge < -0.3 is 10.1 Å². The number of nitrogens with zero attached hydrogens (tertiary/aromatic N) is 1. The molecule has 0 saturated carbocycles. The Hall–Kier alpha value is -2.31. The van der Waals surface area contributed by atoms with E-state index in [1.54, 1.807) is 13.3 Å². The Kier molecular flexibility index (Phi) is 6.90. The lowest BCUT2D eigenvalue weighted by Gasteiger charge is -2.11. The average molecular weight is 443 g/mol. The smallest absolute Gasteiger partial charge is 0.252 e. The van der Waals surface area contributed by atoms with E-state index >= 15 is 0 Å². The number of aromatic nitrogens is 1. The zero-order chi connectivity index (χ0) is 19.1. The van der Waals surface area contributed by atoms with Gasteiger partial charge in [-0.15, -0.1) is 0 Å². The number of pyridine rings is 1. The molecular weight excluding hydrogens is 424 g/mol. The first-order valence-corrected chi connectivity index (χ1v) is 10.1. The molecule has 0 aliphatic carbocycles. The molecule has 3 rings (SSSR count). The van der Waals surface area contributed by atoms with Gasteiger partial charge in [-0.1, -0.05) is 42.1 Å². The summed E-state index contributed by atoms with van der Waals surface area (Å²) in [5.74, 6) is 0.745. The minimum absolute atomic E-state index is 0.0925. The van der Waals surface area contributed by atoms with Crippen LogP contribution in [-0.2, 0) is 6.42 Å². The summed E-state index contributed by atoms with van der Waals surface area (Å²) >= 11 is 4.86. The molecular formula is C21H19BrN2O2S. The van der Waals surface area contributed by atoms with Crippen molar-refractivity contribution < 1.29 is 9.53 Å². The molecule has 27 heavy (non-hydrogen) atoms. The summed E-state index contributed by atoms with van der Waals surface area (Å²) in [5, 5.41) is 3.84. The van der Waals surface area contributed by atoms with Crippen LogP contribution in [0.4, 0.5) is 0 Å². The number of carbonyl (C=O) groups excluding carboxylic acids is 1. The molecule has 1 heterocycles. The molecule has 0 fully saturated rings. The Labute approximate surface area is 171 Å². The molecule has 0 aliphatic heterocycles. The Morgan fingerprint density at radius 3 is 2.67 bits per heavy atom. The second kappa shape index (κ2) is 9.58. The highest BCUT2D eigenvalue weighted by Crippen LogP contribution is 2.29. The van der Waals surface area contributed by atoms with Crippen molar-refractivity contribution in [1.29, 1.82) is 0 Å². The van der Waals surface area contributed by atoms with E-state index < -0.39 is 0 Å². The fourth-order valence-electron chi connectivity index (χ4n) is 2.59. The van der Waals surface area contributed by atoms with Crippen LogP contribution in [0.3, 0.4) is 0 Å². The van der Waals surface area contributed by atoms with Crippen molar-refractivity contribution in [3.8, 4) is 5.75 Å². The fourth-order valence-corrected chi connectivity index (χ4v) is 3.71. The van der Waals surface area contributed by atoms with E-state index in [2.05, 4.69) is 26.2 Å². The molecule has 0 saturated heterocycles. The van der Waals surface area contributed by atoms with Crippen molar-refractivity contribution in [2.75, 3.05) is 13.7 Å². The van der Waals surface area contributed by atoms with E-state index in [0.717, 1.165) is 25.7 Å². The maximum atomic E-state index is 12.7. The number of methoxy groups -OCH3 is 1. The molecule has 2 aromatic carbocycles. The molecule has 6 heteroatoms. The number of rotatable bonds is 7. The van der Waals surface area contributed by atoms with E-state index in [0.29, 0.717) is 18.5 Å². The molecule has 3 aromatic rings. The van der Waals surface area contributed by atoms with Gasteiger partial charge in [0.25, 0.3) is 5.91 Å². The van der Waals surface area contributed by atoms with E-state index in [9.17, 15) is 4.79 Å². The third-order valence-electron chi connectivity index (χ3n) is 3.92. The highest BCUT2D eigenvalue weighted by Gasteiger charge is 2.12. The predicted octanol–water partition coefficient (Wildman–Crippen LogP) is 4.98. The number of para-hydroxylation sites is 1. The zero-order valence-corrected chi connectivity index (χ0v) is 17.2. The van der Waals surface area contributed by atoms with Gasteiger partial charge in [-0.25, -0.2) is 4.98 Å². The third-order valence-corrected chi connectivity index (χ3v) is 5.41. The van der Waals surface area contributed by atoms with Gasteiger partial charge in [0.2, 0.25) is 0 Å². The normalized spacial score (nSPS) is 10.4. The number of halogens is 1. The number of carbonyl (C=O) groups is 1. The maximum absolute atomic E-state index is 12.7. The quantitative estimate of drug-likeness (QED) is 0.560. The van der Waals surface area contributed by atoms with Crippen molar-refractivity contribution in [1.82, 2.24) is 10.3 Å². The van der Waals surface area contributed by atoms with Crippen LogP contribution in [0, 0.1) is 0 Å². The van der Waals surface area contributed by atoms with Crippen molar-refractivity contribution in [3.05, 3.63) is 82.5 Å². The predicted molar refractivity (Wildman–Crippen MR) is 112 cm³/mol. The Bertz CT molecular complexity index is 916.